The standard InChI is InChI=1S/C14H25N3O2S/c1-14(2)5-4-7-17(8-6-14)20(18,19)13-9-12(10-15)16(3)11-13/h9,11H,4-8,10,15H2,1-3H3. The number of aryl methyl sites for hydroxylation is 1. The van der Waals surface area contributed by atoms with Crippen LogP contribution in [0.1, 0.15) is 38.8 Å². The van der Waals surface area contributed by atoms with Crippen LogP contribution in [0, 0.1) is 5.41 Å². The topological polar surface area (TPSA) is 68.3 Å². The molecule has 5 nitrogen and oxygen atoms in total. The lowest BCUT2D eigenvalue weighted by Crippen LogP contribution is -2.32. The van der Waals surface area contributed by atoms with E-state index in [1.165, 1.54) is 0 Å². The summed E-state index contributed by atoms with van der Waals surface area (Å²) in [6.07, 6.45) is 4.56. The van der Waals surface area contributed by atoms with E-state index in [4.69, 9.17) is 5.73 Å². The lowest BCUT2D eigenvalue weighted by molar-refractivity contribution is 0.315. The van der Waals surface area contributed by atoms with Gasteiger partial charge in [0.1, 0.15) is 4.90 Å². The predicted molar refractivity (Wildman–Crippen MR) is 79.7 cm³/mol. The van der Waals surface area contributed by atoms with E-state index in [0.29, 0.717) is 24.5 Å². The number of nitrogens with zero attached hydrogens (tertiary/aromatic N) is 2. The average Bonchev–Trinajstić information content (AvgIpc) is 2.64. The molecule has 2 heterocycles. The molecule has 1 aromatic rings. The molecule has 1 fully saturated rings. The summed E-state index contributed by atoms with van der Waals surface area (Å²) in [4.78, 5) is 0.361. The molecule has 114 valence electrons. The molecule has 2 rings (SSSR count). The van der Waals surface area contributed by atoms with E-state index in [9.17, 15) is 8.42 Å². The van der Waals surface area contributed by atoms with E-state index >= 15 is 0 Å². The van der Waals surface area contributed by atoms with Crippen LogP contribution >= 0.6 is 0 Å². The van der Waals surface area contributed by atoms with Crippen LogP contribution in [-0.2, 0) is 23.6 Å². The van der Waals surface area contributed by atoms with Crippen LogP contribution in [-0.4, -0.2) is 30.4 Å². The maximum absolute atomic E-state index is 12.7. The summed E-state index contributed by atoms with van der Waals surface area (Å²) in [7, 11) is -1.56. The Balaban J connectivity index is 2.25. The first-order valence-electron chi connectivity index (χ1n) is 7.12. The fourth-order valence-electron chi connectivity index (χ4n) is 2.71. The summed E-state index contributed by atoms with van der Waals surface area (Å²) in [5, 5.41) is 0. The van der Waals surface area contributed by atoms with E-state index < -0.39 is 10.0 Å². The Morgan fingerprint density at radius 2 is 2.00 bits per heavy atom. The Hall–Kier alpha value is -0.850. The number of hydrogen-bond donors (Lipinski definition) is 1. The monoisotopic (exact) mass is 299 g/mol. The molecule has 0 atom stereocenters. The van der Waals surface area contributed by atoms with Crippen LogP contribution in [0.15, 0.2) is 17.2 Å². The first-order valence-corrected chi connectivity index (χ1v) is 8.56. The largest absolute Gasteiger partial charge is 0.352 e. The van der Waals surface area contributed by atoms with Gasteiger partial charge in [0.2, 0.25) is 10.0 Å². The molecule has 20 heavy (non-hydrogen) atoms. The lowest BCUT2D eigenvalue weighted by Gasteiger charge is -2.22. The zero-order valence-corrected chi connectivity index (χ0v) is 13.4. The fourth-order valence-corrected chi connectivity index (χ4v) is 4.28. The molecule has 0 aromatic carbocycles. The number of aromatic nitrogens is 1. The van der Waals surface area contributed by atoms with E-state index in [1.54, 1.807) is 21.1 Å². The molecule has 0 bridgehead atoms. The van der Waals surface area contributed by atoms with E-state index in [2.05, 4.69) is 13.8 Å². The second-order valence-electron chi connectivity index (χ2n) is 6.40. The minimum Gasteiger partial charge on any atom is -0.352 e. The Morgan fingerprint density at radius 1 is 1.30 bits per heavy atom. The van der Waals surface area contributed by atoms with Crippen molar-refractivity contribution in [3.63, 3.8) is 0 Å². The van der Waals surface area contributed by atoms with Gasteiger partial charge in [-0.25, -0.2) is 8.42 Å². The third kappa shape index (κ3) is 3.07. The van der Waals surface area contributed by atoms with Gasteiger partial charge in [-0.05, 0) is 30.7 Å². The SMILES string of the molecule is Cn1cc(S(=O)(=O)N2CCCC(C)(C)CC2)cc1CN. The Labute approximate surface area is 121 Å². The first-order chi connectivity index (χ1) is 9.26. The van der Waals surface area contributed by atoms with Gasteiger partial charge in [0, 0.05) is 38.6 Å². The normalized spacial score (nSPS) is 20.8. The molecule has 1 aliphatic heterocycles. The number of nitrogens with two attached hydrogens (primary N) is 1. The molecule has 0 radical (unpaired) electrons. The van der Waals surface area contributed by atoms with Gasteiger partial charge in [0.15, 0.2) is 0 Å². The van der Waals surface area contributed by atoms with Gasteiger partial charge in [-0.3, -0.25) is 0 Å². The molecule has 2 N–H and O–H groups in total. The highest BCUT2D eigenvalue weighted by atomic mass is 32.2. The smallest absolute Gasteiger partial charge is 0.244 e. The summed E-state index contributed by atoms with van der Waals surface area (Å²) in [6.45, 7) is 5.97. The molecule has 1 aromatic heterocycles. The quantitative estimate of drug-likeness (QED) is 0.923. The molecular formula is C14H25N3O2S. The van der Waals surface area contributed by atoms with Gasteiger partial charge in [0.25, 0.3) is 0 Å². The Morgan fingerprint density at radius 3 is 2.60 bits per heavy atom. The van der Waals surface area contributed by atoms with Crippen molar-refractivity contribution >= 4 is 10.0 Å². The van der Waals surface area contributed by atoms with Crippen LogP contribution in [0.25, 0.3) is 0 Å². The van der Waals surface area contributed by atoms with Crippen molar-refractivity contribution in [2.45, 2.75) is 44.6 Å². The third-order valence-corrected chi connectivity index (χ3v) is 6.09. The Kier molecular flexibility index (Phi) is 4.27. The van der Waals surface area contributed by atoms with Gasteiger partial charge < -0.3 is 10.3 Å². The van der Waals surface area contributed by atoms with Crippen LogP contribution < -0.4 is 5.73 Å². The van der Waals surface area contributed by atoms with Crippen LogP contribution in [0.3, 0.4) is 0 Å². The van der Waals surface area contributed by atoms with E-state index in [-0.39, 0.29) is 5.41 Å². The minimum atomic E-state index is -3.39. The molecule has 1 aliphatic rings. The zero-order chi connectivity index (χ0) is 15.0. The van der Waals surface area contributed by atoms with Gasteiger partial charge in [0.05, 0.1) is 0 Å². The van der Waals surface area contributed by atoms with Crippen molar-refractivity contribution in [1.29, 1.82) is 0 Å². The summed E-state index contributed by atoms with van der Waals surface area (Å²) >= 11 is 0. The molecule has 6 heteroatoms. The van der Waals surface area contributed by atoms with E-state index in [0.717, 1.165) is 25.0 Å². The van der Waals surface area contributed by atoms with Crippen molar-refractivity contribution in [3.8, 4) is 0 Å². The van der Waals surface area contributed by atoms with Crippen LogP contribution in [0.4, 0.5) is 0 Å². The second kappa shape index (κ2) is 5.50. The summed E-state index contributed by atoms with van der Waals surface area (Å²) in [5.41, 5.74) is 6.67. The highest BCUT2D eigenvalue weighted by Gasteiger charge is 2.31. The van der Waals surface area contributed by atoms with Gasteiger partial charge in [-0.2, -0.15) is 4.31 Å². The first kappa shape index (κ1) is 15.5. The molecule has 0 aliphatic carbocycles. The zero-order valence-electron chi connectivity index (χ0n) is 12.6. The highest BCUT2D eigenvalue weighted by molar-refractivity contribution is 7.89. The summed E-state index contributed by atoms with van der Waals surface area (Å²) < 4.78 is 28.8. The molecular weight excluding hydrogens is 274 g/mol. The van der Waals surface area contributed by atoms with Crippen LogP contribution in [0.5, 0.6) is 0 Å². The maximum atomic E-state index is 12.7. The summed E-state index contributed by atoms with van der Waals surface area (Å²) in [6, 6.07) is 1.69. The van der Waals surface area contributed by atoms with Crippen molar-refractivity contribution in [2.75, 3.05) is 13.1 Å². The third-order valence-electron chi connectivity index (χ3n) is 4.23. The van der Waals surface area contributed by atoms with Crippen molar-refractivity contribution in [3.05, 3.63) is 18.0 Å². The van der Waals surface area contributed by atoms with Crippen LogP contribution in [0.2, 0.25) is 0 Å². The van der Waals surface area contributed by atoms with Crippen molar-refractivity contribution in [1.82, 2.24) is 8.87 Å². The predicted octanol–water partition coefficient (Wildman–Crippen LogP) is 1.68. The minimum absolute atomic E-state index is 0.226. The number of sulfonamides is 1. The van der Waals surface area contributed by atoms with E-state index in [1.807, 2.05) is 7.05 Å². The van der Waals surface area contributed by atoms with Crippen molar-refractivity contribution in [2.24, 2.45) is 18.2 Å². The number of rotatable bonds is 3. The molecule has 0 amide bonds. The lowest BCUT2D eigenvalue weighted by atomic mass is 9.85. The van der Waals surface area contributed by atoms with Gasteiger partial charge in [-0.1, -0.05) is 13.8 Å². The average molecular weight is 299 g/mol. The molecule has 0 spiro atoms. The summed E-state index contributed by atoms with van der Waals surface area (Å²) in [5.74, 6) is 0. The van der Waals surface area contributed by atoms with Crippen molar-refractivity contribution < 1.29 is 8.42 Å². The molecule has 0 saturated carbocycles. The molecule has 1 saturated heterocycles. The maximum Gasteiger partial charge on any atom is 0.244 e. The second-order valence-corrected chi connectivity index (χ2v) is 8.34. The highest BCUT2D eigenvalue weighted by Crippen LogP contribution is 2.32. The van der Waals surface area contributed by atoms with Gasteiger partial charge in [-0.15, -0.1) is 0 Å². The van der Waals surface area contributed by atoms with Gasteiger partial charge >= 0.3 is 0 Å². The number of hydrogen-bond acceptors (Lipinski definition) is 3. The Bertz CT molecular complexity index is 575. The molecule has 0 unspecified atom stereocenters. The fraction of sp³-hybridized carbons (Fsp3) is 0.714.